The van der Waals surface area contributed by atoms with E-state index in [1.54, 1.807) is 0 Å². The first-order valence-electron chi connectivity index (χ1n) is 6.20. The number of hydrogen-bond acceptors (Lipinski definition) is 0. The van der Waals surface area contributed by atoms with Crippen molar-refractivity contribution in [1.29, 1.82) is 0 Å². The highest BCUT2D eigenvalue weighted by atomic mass is 79.9. The molecular formula is C13H23BrF2. The lowest BCUT2D eigenvalue weighted by molar-refractivity contribution is -0.0466. The van der Waals surface area contributed by atoms with Crippen LogP contribution < -0.4 is 0 Å². The molecule has 16 heavy (non-hydrogen) atoms. The zero-order valence-electron chi connectivity index (χ0n) is 10.5. The summed E-state index contributed by atoms with van der Waals surface area (Å²) in [6.07, 6.45) is 3.73. The Morgan fingerprint density at radius 2 is 1.75 bits per heavy atom. The van der Waals surface area contributed by atoms with Crippen LogP contribution in [0.2, 0.25) is 0 Å². The Kier molecular flexibility index (Phi) is 4.79. The van der Waals surface area contributed by atoms with Crippen LogP contribution in [-0.2, 0) is 0 Å². The van der Waals surface area contributed by atoms with Crippen molar-refractivity contribution in [2.24, 2.45) is 11.3 Å². The number of alkyl halides is 3. The van der Waals surface area contributed by atoms with Crippen LogP contribution in [0.3, 0.4) is 0 Å². The van der Waals surface area contributed by atoms with E-state index < -0.39 is 5.92 Å². The first-order chi connectivity index (χ1) is 7.18. The molecule has 3 heteroatoms. The summed E-state index contributed by atoms with van der Waals surface area (Å²) in [7, 11) is 0. The van der Waals surface area contributed by atoms with Gasteiger partial charge in [0.15, 0.2) is 0 Å². The second-order valence-corrected chi connectivity index (χ2v) is 7.69. The molecule has 1 fully saturated rings. The van der Waals surface area contributed by atoms with Gasteiger partial charge >= 0.3 is 0 Å². The molecule has 0 amide bonds. The smallest absolute Gasteiger partial charge is 0.207 e. The highest BCUT2D eigenvalue weighted by Gasteiger charge is 2.35. The molecule has 0 aliphatic heterocycles. The maximum Gasteiger partial charge on any atom is 0.248 e. The van der Waals surface area contributed by atoms with Gasteiger partial charge in [-0.25, -0.2) is 8.78 Å². The van der Waals surface area contributed by atoms with Crippen LogP contribution in [0.25, 0.3) is 0 Å². The Labute approximate surface area is 106 Å². The summed E-state index contributed by atoms with van der Waals surface area (Å²) in [6.45, 7) is 6.66. The van der Waals surface area contributed by atoms with Crippen LogP contribution in [0.15, 0.2) is 0 Å². The summed E-state index contributed by atoms with van der Waals surface area (Å²) >= 11 is 3.69. The number of halogens is 3. The highest BCUT2D eigenvalue weighted by Crippen LogP contribution is 2.39. The van der Waals surface area contributed by atoms with Crippen molar-refractivity contribution in [3.05, 3.63) is 0 Å². The summed E-state index contributed by atoms with van der Waals surface area (Å²) < 4.78 is 25.9. The van der Waals surface area contributed by atoms with Gasteiger partial charge in [0.25, 0.3) is 0 Å². The van der Waals surface area contributed by atoms with Crippen molar-refractivity contribution in [3.63, 3.8) is 0 Å². The van der Waals surface area contributed by atoms with Crippen molar-refractivity contribution in [1.82, 2.24) is 0 Å². The minimum Gasteiger partial charge on any atom is -0.207 e. The number of hydrogen-bond donors (Lipinski definition) is 0. The molecule has 0 radical (unpaired) electrons. The predicted molar refractivity (Wildman–Crippen MR) is 68.3 cm³/mol. The van der Waals surface area contributed by atoms with Crippen molar-refractivity contribution >= 4 is 15.9 Å². The zero-order chi connectivity index (χ0) is 12.4. The normalized spacial score (nSPS) is 24.4. The summed E-state index contributed by atoms with van der Waals surface area (Å²) in [4.78, 5) is 0.476. The molecule has 0 heterocycles. The molecule has 96 valence electrons. The molecule has 1 aliphatic rings. The van der Waals surface area contributed by atoms with Crippen LogP contribution in [-0.4, -0.2) is 10.7 Å². The molecule has 1 rings (SSSR count). The highest BCUT2D eigenvalue weighted by molar-refractivity contribution is 9.09. The molecule has 0 aromatic rings. The first kappa shape index (κ1) is 14.4. The van der Waals surface area contributed by atoms with Crippen LogP contribution in [0, 0.1) is 11.3 Å². The molecule has 1 unspecified atom stereocenters. The van der Waals surface area contributed by atoms with Gasteiger partial charge in [-0.3, -0.25) is 0 Å². The van der Waals surface area contributed by atoms with Gasteiger partial charge in [-0.15, -0.1) is 0 Å². The van der Waals surface area contributed by atoms with Crippen molar-refractivity contribution in [3.8, 4) is 0 Å². The van der Waals surface area contributed by atoms with Crippen molar-refractivity contribution in [2.75, 3.05) is 0 Å². The minimum atomic E-state index is -2.39. The van der Waals surface area contributed by atoms with E-state index in [2.05, 4.69) is 36.7 Å². The van der Waals surface area contributed by atoms with E-state index in [1.165, 1.54) is 0 Å². The Morgan fingerprint density at radius 1 is 1.25 bits per heavy atom. The average Bonchev–Trinajstić information content (AvgIpc) is 2.05. The molecule has 0 aromatic heterocycles. The Morgan fingerprint density at radius 3 is 2.19 bits per heavy atom. The lowest BCUT2D eigenvalue weighted by Crippen LogP contribution is -2.26. The minimum absolute atomic E-state index is 0.0902. The third-order valence-corrected chi connectivity index (χ3v) is 3.96. The fourth-order valence-corrected chi connectivity index (χ4v) is 3.95. The van der Waals surface area contributed by atoms with Crippen LogP contribution in [0.1, 0.15) is 59.3 Å². The van der Waals surface area contributed by atoms with E-state index in [1.807, 2.05) is 0 Å². The SMILES string of the molecule is CC(C)(C)CC(Br)CC1CCC(F)(F)CC1. The largest absolute Gasteiger partial charge is 0.248 e. The van der Waals surface area contributed by atoms with Crippen molar-refractivity contribution < 1.29 is 8.78 Å². The topological polar surface area (TPSA) is 0 Å². The molecule has 1 aliphatic carbocycles. The summed E-state index contributed by atoms with van der Waals surface area (Å²) in [5, 5.41) is 0. The summed E-state index contributed by atoms with van der Waals surface area (Å²) in [6, 6.07) is 0. The van der Waals surface area contributed by atoms with Crippen LogP contribution >= 0.6 is 15.9 Å². The van der Waals surface area contributed by atoms with Crippen LogP contribution in [0.4, 0.5) is 8.78 Å². The van der Waals surface area contributed by atoms with E-state index in [9.17, 15) is 8.78 Å². The first-order valence-corrected chi connectivity index (χ1v) is 7.11. The fraction of sp³-hybridized carbons (Fsp3) is 1.00. The molecular weight excluding hydrogens is 274 g/mol. The molecule has 0 N–H and O–H groups in total. The third-order valence-electron chi connectivity index (χ3n) is 3.26. The van der Waals surface area contributed by atoms with E-state index >= 15 is 0 Å². The lowest BCUT2D eigenvalue weighted by atomic mass is 9.81. The maximum atomic E-state index is 13.0. The Balaban J connectivity index is 2.28. The van der Waals surface area contributed by atoms with Gasteiger partial charge in [0.1, 0.15) is 0 Å². The molecule has 0 aromatic carbocycles. The van der Waals surface area contributed by atoms with Gasteiger partial charge in [-0.05, 0) is 37.0 Å². The van der Waals surface area contributed by atoms with Gasteiger partial charge in [-0.1, -0.05) is 36.7 Å². The molecule has 0 saturated heterocycles. The van der Waals surface area contributed by atoms with Gasteiger partial charge in [-0.2, -0.15) is 0 Å². The summed E-state index contributed by atoms with van der Waals surface area (Å²) in [5.74, 6) is -1.89. The molecule has 0 nitrogen and oxygen atoms in total. The van der Waals surface area contributed by atoms with Gasteiger partial charge in [0.2, 0.25) is 5.92 Å². The van der Waals surface area contributed by atoms with E-state index in [-0.39, 0.29) is 12.8 Å². The Bertz CT molecular complexity index is 210. The molecule has 0 spiro atoms. The van der Waals surface area contributed by atoms with E-state index in [0.717, 1.165) is 12.8 Å². The molecule has 0 bridgehead atoms. The Hall–Kier alpha value is 0.340. The molecule has 1 atom stereocenters. The third kappa shape index (κ3) is 5.60. The quantitative estimate of drug-likeness (QED) is 0.612. The summed E-state index contributed by atoms with van der Waals surface area (Å²) in [5.41, 5.74) is 0.312. The molecule has 1 saturated carbocycles. The second kappa shape index (κ2) is 5.32. The van der Waals surface area contributed by atoms with Gasteiger partial charge < -0.3 is 0 Å². The van der Waals surface area contributed by atoms with Crippen molar-refractivity contribution in [2.45, 2.75) is 70.0 Å². The second-order valence-electron chi connectivity index (χ2n) is 6.40. The standard InChI is InChI=1S/C13H23BrF2/c1-12(2,3)9-11(14)8-10-4-6-13(15,16)7-5-10/h10-11H,4-9H2,1-3H3. The van der Waals surface area contributed by atoms with Gasteiger partial charge in [0, 0.05) is 17.7 Å². The maximum absolute atomic E-state index is 13.0. The monoisotopic (exact) mass is 296 g/mol. The van der Waals surface area contributed by atoms with Gasteiger partial charge in [0.05, 0.1) is 0 Å². The predicted octanol–water partition coefficient (Wildman–Crippen LogP) is 5.40. The zero-order valence-corrected chi connectivity index (χ0v) is 12.1. The fourth-order valence-electron chi connectivity index (χ4n) is 2.45. The van der Waals surface area contributed by atoms with Crippen LogP contribution in [0.5, 0.6) is 0 Å². The lowest BCUT2D eigenvalue weighted by Gasteiger charge is -2.31. The average molecular weight is 297 g/mol. The van der Waals surface area contributed by atoms with E-state index in [4.69, 9.17) is 0 Å². The number of rotatable bonds is 3. The van der Waals surface area contributed by atoms with E-state index in [0.29, 0.717) is 29.0 Å².